The van der Waals surface area contributed by atoms with E-state index in [4.69, 9.17) is 9.47 Å². The fourth-order valence-corrected chi connectivity index (χ4v) is 1.24. The minimum absolute atomic E-state index is 0.151. The SMILES string of the molecule is COCCC(C)Oc1ccc(Br)nc1. The van der Waals surface area contributed by atoms with Gasteiger partial charge in [0, 0.05) is 20.1 Å². The first-order valence-corrected chi connectivity index (χ1v) is 5.29. The van der Waals surface area contributed by atoms with E-state index in [1.807, 2.05) is 19.1 Å². The maximum absolute atomic E-state index is 5.61. The summed E-state index contributed by atoms with van der Waals surface area (Å²) >= 11 is 3.27. The third kappa shape index (κ3) is 4.07. The van der Waals surface area contributed by atoms with Crippen molar-refractivity contribution in [2.75, 3.05) is 13.7 Å². The Morgan fingerprint density at radius 1 is 1.50 bits per heavy atom. The van der Waals surface area contributed by atoms with Crippen molar-refractivity contribution in [2.24, 2.45) is 0 Å². The van der Waals surface area contributed by atoms with Gasteiger partial charge in [-0.1, -0.05) is 0 Å². The van der Waals surface area contributed by atoms with Gasteiger partial charge >= 0.3 is 0 Å². The van der Waals surface area contributed by atoms with Gasteiger partial charge in [0.05, 0.1) is 12.3 Å². The monoisotopic (exact) mass is 259 g/mol. The van der Waals surface area contributed by atoms with Crippen molar-refractivity contribution in [2.45, 2.75) is 19.4 Å². The Morgan fingerprint density at radius 3 is 2.86 bits per heavy atom. The molecule has 3 nitrogen and oxygen atoms in total. The number of methoxy groups -OCH3 is 1. The van der Waals surface area contributed by atoms with Crippen LogP contribution in [0.5, 0.6) is 5.75 Å². The number of halogens is 1. The Bertz CT molecular complexity index is 263. The molecule has 4 heteroatoms. The van der Waals surface area contributed by atoms with E-state index in [9.17, 15) is 0 Å². The van der Waals surface area contributed by atoms with E-state index in [-0.39, 0.29) is 6.10 Å². The molecule has 0 N–H and O–H groups in total. The summed E-state index contributed by atoms with van der Waals surface area (Å²) in [6.07, 6.45) is 2.73. The molecule has 1 rings (SSSR count). The number of hydrogen-bond acceptors (Lipinski definition) is 3. The van der Waals surface area contributed by atoms with Crippen molar-refractivity contribution in [3.05, 3.63) is 22.9 Å². The molecular weight excluding hydrogens is 246 g/mol. The molecule has 78 valence electrons. The summed E-state index contributed by atoms with van der Waals surface area (Å²) in [5.74, 6) is 0.789. The van der Waals surface area contributed by atoms with Crippen molar-refractivity contribution in [1.82, 2.24) is 4.98 Å². The zero-order valence-corrected chi connectivity index (χ0v) is 9.95. The average molecular weight is 260 g/mol. The molecule has 0 saturated carbocycles. The lowest BCUT2D eigenvalue weighted by Crippen LogP contribution is -2.14. The molecule has 1 aromatic rings. The molecule has 0 bridgehead atoms. The maximum atomic E-state index is 5.61. The first kappa shape index (κ1) is 11.5. The van der Waals surface area contributed by atoms with Crippen LogP contribution in [-0.4, -0.2) is 24.8 Å². The summed E-state index contributed by atoms with van der Waals surface area (Å²) in [4.78, 5) is 4.07. The second-order valence-electron chi connectivity index (χ2n) is 3.03. The van der Waals surface area contributed by atoms with Gasteiger partial charge in [0.1, 0.15) is 10.4 Å². The highest BCUT2D eigenvalue weighted by atomic mass is 79.9. The van der Waals surface area contributed by atoms with E-state index in [1.54, 1.807) is 13.3 Å². The standard InChI is InChI=1S/C10H14BrNO2/c1-8(5-6-13-2)14-9-3-4-10(11)12-7-9/h3-4,7-8H,5-6H2,1-2H3. The van der Waals surface area contributed by atoms with Crippen molar-refractivity contribution in [3.8, 4) is 5.75 Å². The first-order valence-electron chi connectivity index (χ1n) is 4.49. The maximum Gasteiger partial charge on any atom is 0.138 e. The molecule has 1 heterocycles. The van der Waals surface area contributed by atoms with E-state index >= 15 is 0 Å². The lowest BCUT2D eigenvalue weighted by Gasteiger charge is -2.13. The Hall–Kier alpha value is -0.610. The van der Waals surface area contributed by atoms with E-state index in [2.05, 4.69) is 20.9 Å². The van der Waals surface area contributed by atoms with Gasteiger partial charge in [0.2, 0.25) is 0 Å². The van der Waals surface area contributed by atoms with Crippen LogP contribution in [-0.2, 0) is 4.74 Å². The topological polar surface area (TPSA) is 31.4 Å². The molecule has 0 aliphatic carbocycles. The second kappa shape index (κ2) is 5.98. The van der Waals surface area contributed by atoms with Crippen LogP contribution in [0, 0.1) is 0 Å². The normalized spacial score (nSPS) is 12.5. The molecule has 1 atom stereocenters. The molecule has 0 aromatic carbocycles. The Labute approximate surface area is 92.6 Å². The van der Waals surface area contributed by atoms with Crippen molar-refractivity contribution in [1.29, 1.82) is 0 Å². The Kier molecular flexibility index (Phi) is 4.90. The first-order chi connectivity index (χ1) is 6.72. The van der Waals surface area contributed by atoms with Crippen molar-refractivity contribution < 1.29 is 9.47 Å². The lowest BCUT2D eigenvalue weighted by molar-refractivity contribution is 0.135. The molecule has 0 saturated heterocycles. The Balaban J connectivity index is 2.39. The zero-order chi connectivity index (χ0) is 10.4. The highest BCUT2D eigenvalue weighted by Gasteiger charge is 2.03. The van der Waals surface area contributed by atoms with Gasteiger partial charge in [0.25, 0.3) is 0 Å². The number of nitrogens with zero attached hydrogens (tertiary/aromatic N) is 1. The van der Waals surface area contributed by atoms with Gasteiger partial charge in [-0.2, -0.15) is 0 Å². The molecule has 1 unspecified atom stereocenters. The second-order valence-corrected chi connectivity index (χ2v) is 3.84. The summed E-state index contributed by atoms with van der Waals surface area (Å²) in [5.41, 5.74) is 0. The average Bonchev–Trinajstić information content (AvgIpc) is 2.18. The van der Waals surface area contributed by atoms with Gasteiger partial charge < -0.3 is 9.47 Å². The van der Waals surface area contributed by atoms with Crippen molar-refractivity contribution in [3.63, 3.8) is 0 Å². The highest BCUT2D eigenvalue weighted by molar-refractivity contribution is 9.10. The number of hydrogen-bond donors (Lipinski definition) is 0. The third-order valence-electron chi connectivity index (χ3n) is 1.77. The molecule has 0 aliphatic heterocycles. The van der Waals surface area contributed by atoms with Crippen LogP contribution in [0.3, 0.4) is 0 Å². The number of rotatable bonds is 5. The molecule has 0 aliphatic rings. The molecule has 1 aromatic heterocycles. The van der Waals surface area contributed by atoms with Gasteiger partial charge in [0.15, 0.2) is 0 Å². The van der Waals surface area contributed by atoms with Crippen LogP contribution in [0.1, 0.15) is 13.3 Å². The van der Waals surface area contributed by atoms with Crippen LogP contribution in [0.25, 0.3) is 0 Å². The molecule has 0 spiro atoms. The molecule has 0 fully saturated rings. The predicted octanol–water partition coefficient (Wildman–Crippen LogP) is 2.65. The number of pyridine rings is 1. The zero-order valence-electron chi connectivity index (χ0n) is 8.37. The fraction of sp³-hybridized carbons (Fsp3) is 0.500. The van der Waals surface area contributed by atoms with Crippen LogP contribution in [0.15, 0.2) is 22.9 Å². The van der Waals surface area contributed by atoms with Crippen LogP contribution in [0.4, 0.5) is 0 Å². The van der Waals surface area contributed by atoms with E-state index in [0.29, 0.717) is 6.61 Å². The van der Waals surface area contributed by atoms with E-state index in [0.717, 1.165) is 16.8 Å². The van der Waals surface area contributed by atoms with Gasteiger partial charge in [-0.05, 0) is 35.0 Å². The van der Waals surface area contributed by atoms with E-state index < -0.39 is 0 Å². The van der Waals surface area contributed by atoms with Gasteiger partial charge in [-0.3, -0.25) is 0 Å². The van der Waals surface area contributed by atoms with Crippen LogP contribution in [0.2, 0.25) is 0 Å². The third-order valence-corrected chi connectivity index (χ3v) is 2.24. The molecular formula is C10H14BrNO2. The minimum Gasteiger partial charge on any atom is -0.489 e. The van der Waals surface area contributed by atoms with Gasteiger partial charge in [-0.25, -0.2) is 4.98 Å². The number of ether oxygens (including phenoxy) is 2. The quantitative estimate of drug-likeness (QED) is 0.762. The van der Waals surface area contributed by atoms with Crippen LogP contribution >= 0.6 is 15.9 Å². The predicted molar refractivity (Wildman–Crippen MR) is 58.5 cm³/mol. The smallest absolute Gasteiger partial charge is 0.138 e. The van der Waals surface area contributed by atoms with E-state index in [1.165, 1.54) is 0 Å². The lowest BCUT2D eigenvalue weighted by atomic mass is 10.3. The summed E-state index contributed by atoms with van der Waals surface area (Å²) in [5, 5.41) is 0. The minimum atomic E-state index is 0.151. The summed E-state index contributed by atoms with van der Waals surface area (Å²) in [6.45, 7) is 2.73. The number of aromatic nitrogens is 1. The fourth-order valence-electron chi connectivity index (χ4n) is 1.01. The highest BCUT2D eigenvalue weighted by Crippen LogP contribution is 2.14. The largest absolute Gasteiger partial charge is 0.489 e. The summed E-state index contributed by atoms with van der Waals surface area (Å²) < 4.78 is 11.4. The Morgan fingerprint density at radius 2 is 2.29 bits per heavy atom. The molecule has 0 radical (unpaired) electrons. The van der Waals surface area contributed by atoms with Crippen molar-refractivity contribution >= 4 is 15.9 Å². The molecule has 14 heavy (non-hydrogen) atoms. The summed E-state index contributed by atoms with van der Waals surface area (Å²) in [7, 11) is 1.69. The summed E-state index contributed by atoms with van der Waals surface area (Å²) in [6, 6.07) is 3.75. The molecule has 0 amide bonds. The van der Waals surface area contributed by atoms with Gasteiger partial charge in [-0.15, -0.1) is 0 Å². The van der Waals surface area contributed by atoms with Crippen LogP contribution < -0.4 is 4.74 Å².